The van der Waals surface area contributed by atoms with E-state index < -0.39 is 0 Å². The van der Waals surface area contributed by atoms with E-state index in [0.717, 1.165) is 24.2 Å². The molecule has 0 aliphatic heterocycles. The van der Waals surface area contributed by atoms with Gasteiger partial charge in [-0.2, -0.15) is 0 Å². The molecule has 0 heterocycles. The average molecular weight is 308 g/mol. The first kappa shape index (κ1) is 16.2. The number of hydrogen-bond donors (Lipinski definition) is 1. The fourth-order valence-electron chi connectivity index (χ4n) is 3.91. The summed E-state index contributed by atoms with van der Waals surface area (Å²) < 4.78 is 0. The van der Waals surface area contributed by atoms with Crippen LogP contribution >= 0.6 is 0 Å². The third-order valence-electron chi connectivity index (χ3n) is 5.07. The maximum atomic E-state index is 8.78. The Morgan fingerprint density at radius 3 is 2.61 bits per heavy atom. The lowest BCUT2D eigenvalue weighted by atomic mass is 9.81. The molecule has 0 atom stereocenters. The molecule has 1 N–H and O–H groups in total. The summed E-state index contributed by atoms with van der Waals surface area (Å²) in [5.41, 5.74) is 6.12. The molecule has 2 aliphatic rings. The van der Waals surface area contributed by atoms with Crippen LogP contribution in [0.4, 0.5) is 0 Å². The van der Waals surface area contributed by atoms with E-state index in [2.05, 4.69) is 55.4 Å². The fraction of sp³-hybridized carbons (Fsp3) is 0.476. The smallest absolute Gasteiger partial charge is 0.0423 e. The average Bonchev–Trinajstić information content (AvgIpc) is 3.02. The van der Waals surface area contributed by atoms with E-state index in [-0.39, 0.29) is 0 Å². The van der Waals surface area contributed by atoms with E-state index in [1.807, 2.05) is 0 Å². The van der Waals surface area contributed by atoms with Gasteiger partial charge in [0.05, 0.1) is 0 Å². The zero-order valence-corrected chi connectivity index (χ0v) is 14.4. The van der Waals surface area contributed by atoms with Gasteiger partial charge in [-0.1, -0.05) is 55.7 Å². The fourth-order valence-corrected chi connectivity index (χ4v) is 3.91. The summed E-state index contributed by atoms with van der Waals surface area (Å²) in [4.78, 5) is 2.22. The summed E-state index contributed by atoms with van der Waals surface area (Å²) in [6, 6.07) is 8.58. The van der Waals surface area contributed by atoms with Crippen molar-refractivity contribution in [2.75, 3.05) is 20.6 Å². The van der Waals surface area contributed by atoms with Gasteiger partial charge in [-0.15, -0.1) is 0 Å². The molecule has 0 unspecified atom stereocenters. The lowest BCUT2D eigenvalue weighted by molar-refractivity contribution is 0.438. The summed E-state index contributed by atoms with van der Waals surface area (Å²) in [7, 11) is 4.24. The minimum absolute atomic E-state index is 0.456. The van der Waals surface area contributed by atoms with Gasteiger partial charge in [0, 0.05) is 23.7 Å². The molecule has 0 radical (unpaired) electrons. The Morgan fingerprint density at radius 2 is 1.87 bits per heavy atom. The maximum Gasteiger partial charge on any atom is 0.0423 e. The van der Waals surface area contributed by atoms with Gasteiger partial charge < -0.3 is 10.3 Å². The Morgan fingerprint density at radius 1 is 1.13 bits per heavy atom. The van der Waals surface area contributed by atoms with Crippen LogP contribution in [0.1, 0.15) is 49.7 Å². The van der Waals surface area contributed by atoms with E-state index in [9.17, 15) is 0 Å². The maximum absolute atomic E-state index is 8.78. The van der Waals surface area contributed by atoms with Gasteiger partial charge in [0.2, 0.25) is 0 Å². The Labute approximate surface area is 140 Å². The normalized spacial score (nSPS) is 18.9. The molecule has 1 aromatic carbocycles. The highest BCUT2D eigenvalue weighted by atomic mass is 15.0. The molecule has 2 heteroatoms. The molecule has 122 valence electrons. The van der Waals surface area contributed by atoms with Crippen molar-refractivity contribution in [1.82, 2.24) is 4.90 Å². The third-order valence-corrected chi connectivity index (χ3v) is 5.07. The SMILES string of the molecule is CN(C)CC1=C(c2ccccc2C(=N)C2CCCCC2)CC=C1. The number of allylic oxidation sites excluding steroid dienone is 2. The first-order chi connectivity index (χ1) is 11.2. The van der Waals surface area contributed by atoms with Gasteiger partial charge in [-0.25, -0.2) is 0 Å². The monoisotopic (exact) mass is 308 g/mol. The lowest BCUT2D eigenvalue weighted by Crippen LogP contribution is -2.19. The first-order valence-electron chi connectivity index (χ1n) is 8.88. The highest BCUT2D eigenvalue weighted by Gasteiger charge is 2.23. The highest BCUT2D eigenvalue weighted by molar-refractivity contribution is 6.04. The lowest BCUT2D eigenvalue weighted by Gasteiger charge is -2.24. The van der Waals surface area contributed by atoms with Crippen LogP contribution in [0.5, 0.6) is 0 Å². The Kier molecular flexibility index (Phi) is 5.12. The van der Waals surface area contributed by atoms with Crippen LogP contribution in [0.25, 0.3) is 5.57 Å². The van der Waals surface area contributed by atoms with Crippen molar-refractivity contribution in [3.63, 3.8) is 0 Å². The molecule has 1 fully saturated rings. The summed E-state index contributed by atoms with van der Waals surface area (Å²) in [6.45, 7) is 0.969. The molecular weight excluding hydrogens is 280 g/mol. The molecule has 2 aliphatic carbocycles. The van der Waals surface area contributed by atoms with Gasteiger partial charge in [0.15, 0.2) is 0 Å². The van der Waals surface area contributed by atoms with Crippen molar-refractivity contribution in [2.24, 2.45) is 5.92 Å². The molecule has 23 heavy (non-hydrogen) atoms. The zero-order valence-electron chi connectivity index (χ0n) is 14.4. The van der Waals surface area contributed by atoms with Crippen molar-refractivity contribution >= 4 is 11.3 Å². The van der Waals surface area contributed by atoms with Crippen molar-refractivity contribution in [1.29, 1.82) is 5.41 Å². The molecule has 2 nitrogen and oxygen atoms in total. The van der Waals surface area contributed by atoms with Crippen molar-refractivity contribution in [3.05, 3.63) is 53.1 Å². The van der Waals surface area contributed by atoms with Crippen LogP contribution in [-0.2, 0) is 0 Å². The number of likely N-dealkylation sites (N-methyl/N-ethyl adjacent to an activating group) is 1. The third kappa shape index (κ3) is 3.64. The predicted octanol–water partition coefficient (Wildman–Crippen LogP) is 4.91. The summed E-state index contributed by atoms with van der Waals surface area (Å²) in [5, 5.41) is 8.78. The molecule has 0 amide bonds. The summed E-state index contributed by atoms with van der Waals surface area (Å²) in [5.74, 6) is 0.456. The Hall–Kier alpha value is -1.67. The highest BCUT2D eigenvalue weighted by Crippen LogP contribution is 2.34. The van der Waals surface area contributed by atoms with Crippen LogP contribution in [0.15, 0.2) is 42.0 Å². The van der Waals surface area contributed by atoms with Gasteiger partial charge in [-0.3, -0.25) is 0 Å². The number of nitrogens with zero attached hydrogens (tertiary/aromatic N) is 1. The largest absolute Gasteiger partial charge is 0.305 e. The van der Waals surface area contributed by atoms with Gasteiger partial charge in [-0.05, 0) is 50.1 Å². The Balaban J connectivity index is 1.93. The van der Waals surface area contributed by atoms with E-state index in [1.165, 1.54) is 48.8 Å². The molecule has 0 saturated heterocycles. The topological polar surface area (TPSA) is 27.1 Å². The van der Waals surface area contributed by atoms with Crippen LogP contribution in [0.3, 0.4) is 0 Å². The van der Waals surface area contributed by atoms with Gasteiger partial charge in [0.25, 0.3) is 0 Å². The molecule has 1 saturated carbocycles. The number of rotatable bonds is 5. The Bertz CT molecular complexity index is 631. The molecule has 1 aromatic rings. The van der Waals surface area contributed by atoms with Crippen LogP contribution in [-0.4, -0.2) is 31.3 Å². The second-order valence-corrected chi connectivity index (χ2v) is 7.14. The minimum atomic E-state index is 0.456. The van der Waals surface area contributed by atoms with Crippen LogP contribution < -0.4 is 0 Å². The summed E-state index contributed by atoms with van der Waals surface area (Å²) in [6.07, 6.45) is 11.8. The van der Waals surface area contributed by atoms with E-state index in [4.69, 9.17) is 5.41 Å². The molecular formula is C21H28N2. The number of benzene rings is 1. The van der Waals surface area contributed by atoms with Crippen molar-refractivity contribution in [3.8, 4) is 0 Å². The van der Waals surface area contributed by atoms with Crippen LogP contribution in [0.2, 0.25) is 0 Å². The quantitative estimate of drug-likeness (QED) is 0.769. The standard InChI is InChI=1S/C21H28N2/c1-23(2)15-17-11-8-14-18(17)19-12-6-7-13-20(19)21(22)16-9-4-3-5-10-16/h6-8,11-13,16,22H,3-5,9-10,14-15H2,1-2H3. The van der Waals surface area contributed by atoms with Gasteiger partial charge >= 0.3 is 0 Å². The zero-order chi connectivity index (χ0) is 16.2. The predicted molar refractivity (Wildman–Crippen MR) is 99.1 cm³/mol. The van der Waals surface area contributed by atoms with E-state index in [0.29, 0.717) is 5.92 Å². The van der Waals surface area contributed by atoms with Gasteiger partial charge in [0.1, 0.15) is 0 Å². The second kappa shape index (κ2) is 7.27. The number of hydrogen-bond acceptors (Lipinski definition) is 2. The number of nitrogens with one attached hydrogen (secondary N) is 1. The molecule has 0 aromatic heterocycles. The van der Waals surface area contributed by atoms with Crippen molar-refractivity contribution < 1.29 is 0 Å². The molecule has 0 spiro atoms. The van der Waals surface area contributed by atoms with Crippen LogP contribution in [0, 0.1) is 11.3 Å². The van der Waals surface area contributed by atoms with Crippen molar-refractivity contribution in [2.45, 2.75) is 38.5 Å². The molecule has 0 bridgehead atoms. The summed E-state index contributed by atoms with van der Waals surface area (Å²) >= 11 is 0. The molecule has 3 rings (SSSR count). The second-order valence-electron chi connectivity index (χ2n) is 7.14. The minimum Gasteiger partial charge on any atom is -0.305 e. The van der Waals surface area contributed by atoms with E-state index >= 15 is 0 Å². The van der Waals surface area contributed by atoms with E-state index in [1.54, 1.807) is 0 Å². The first-order valence-corrected chi connectivity index (χ1v) is 8.88.